The molecule has 0 spiro atoms. The number of hydrogen-bond acceptors (Lipinski definition) is 0. The fourth-order valence-electron chi connectivity index (χ4n) is 2.95. The Bertz CT molecular complexity index is 807. The van der Waals surface area contributed by atoms with Crippen LogP contribution in [-0.2, 0) is 0 Å². The Balaban J connectivity index is 0.000000847. The highest BCUT2D eigenvalue weighted by molar-refractivity contribution is 6.05. The van der Waals surface area contributed by atoms with Gasteiger partial charge in [-0.2, -0.15) is 0 Å². The lowest BCUT2D eigenvalue weighted by Crippen LogP contribution is -1.88. The minimum atomic E-state index is 1.07. The number of rotatable bonds is 2. The number of aryl methyl sites for hydroxylation is 2. The van der Waals surface area contributed by atoms with Crippen molar-refractivity contribution < 1.29 is 0 Å². The Hall–Kier alpha value is -2.08. The summed E-state index contributed by atoms with van der Waals surface area (Å²) in [5, 5.41) is 5.42. The quantitative estimate of drug-likeness (QED) is 0.443. The molecule has 0 saturated carbocycles. The molecule has 0 nitrogen and oxygen atoms in total. The molecule has 0 aliphatic rings. The number of allylic oxidation sites excluding steroid dienone is 1. The van der Waals surface area contributed by atoms with E-state index in [1.807, 2.05) is 13.8 Å². The summed E-state index contributed by atoms with van der Waals surface area (Å²) in [6.07, 6.45) is 5.58. The predicted octanol–water partition coefficient (Wildman–Crippen LogP) is 7.06. The molecule has 0 bridgehead atoms. The van der Waals surface area contributed by atoms with Crippen LogP contribution in [0.3, 0.4) is 0 Å². The van der Waals surface area contributed by atoms with Gasteiger partial charge in [-0.3, -0.25) is 0 Å². The second kappa shape index (κ2) is 7.26. The van der Waals surface area contributed by atoms with Gasteiger partial charge >= 0.3 is 0 Å². The van der Waals surface area contributed by atoms with E-state index in [0.29, 0.717) is 0 Å². The van der Waals surface area contributed by atoms with Gasteiger partial charge in [0.25, 0.3) is 0 Å². The van der Waals surface area contributed by atoms with Crippen molar-refractivity contribution in [1.29, 1.82) is 0 Å². The van der Waals surface area contributed by atoms with Gasteiger partial charge in [-0.25, -0.2) is 0 Å². The maximum Gasteiger partial charge on any atom is -0.00998 e. The molecule has 0 aromatic heterocycles. The highest BCUT2D eigenvalue weighted by atomic mass is 14.1. The summed E-state index contributed by atoms with van der Waals surface area (Å²) < 4.78 is 0. The lowest BCUT2D eigenvalue weighted by atomic mass is 9.92. The van der Waals surface area contributed by atoms with E-state index in [4.69, 9.17) is 0 Å². The Labute approximate surface area is 134 Å². The highest BCUT2D eigenvalue weighted by Gasteiger charge is 2.07. The van der Waals surface area contributed by atoms with Crippen molar-refractivity contribution in [2.75, 3.05) is 0 Å². The molecule has 0 heterocycles. The zero-order chi connectivity index (χ0) is 16.1. The van der Waals surface area contributed by atoms with Gasteiger partial charge in [0, 0.05) is 0 Å². The average molecular weight is 290 g/mol. The molecule has 0 fully saturated rings. The van der Waals surface area contributed by atoms with Crippen LogP contribution in [0, 0.1) is 13.8 Å². The SMILES string of the molecule is CC.CC/C=C\c1c(C)ccc2c(C)c3ccccc3cc12. The van der Waals surface area contributed by atoms with E-state index in [9.17, 15) is 0 Å². The van der Waals surface area contributed by atoms with Crippen LogP contribution < -0.4 is 0 Å². The minimum absolute atomic E-state index is 1.07. The first-order valence-corrected chi connectivity index (χ1v) is 8.30. The van der Waals surface area contributed by atoms with E-state index in [1.54, 1.807) is 0 Å². The molecule has 0 aliphatic carbocycles. The lowest BCUT2D eigenvalue weighted by molar-refractivity contribution is 1.23. The molecule has 3 aromatic rings. The summed E-state index contributed by atoms with van der Waals surface area (Å²) in [5.74, 6) is 0. The molecule has 114 valence electrons. The van der Waals surface area contributed by atoms with Crippen molar-refractivity contribution in [3.8, 4) is 0 Å². The molecule has 0 aliphatic heterocycles. The molecule has 0 heteroatoms. The van der Waals surface area contributed by atoms with Gasteiger partial charge in [-0.15, -0.1) is 0 Å². The molecule has 0 radical (unpaired) electrons. The Morgan fingerprint density at radius 1 is 0.864 bits per heavy atom. The third-order valence-electron chi connectivity index (χ3n) is 4.09. The lowest BCUT2D eigenvalue weighted by Gasteiger charge is -2.12. The van der Waals surface area contributed by atoms with E-state index in [2.05, 4.69) is 75.4 Å². The molecule has 0 N–H and O–H groups in total. The first kappa shape index (κ1) is 16.3. The maximum atomic E-state index is 2.33. The van der Waals surface area contributed by atoms with Gasteiger partial charge < -0.3 is 0 Å². The van der Waals surface area contributed by atoms with E-state index in [-0.39, 0.29) is 0 Å². The summed E-state index contributed by atoms with van der Waals surface area (Å²) in [6, 6.07) is 15.5. The minimum Gasteiger partial charge on any atom is -0.0842 e. The molecule has 0 atom stereocenters. The van der Waals surface area contributed by atoms with Gasteiger partial charge in [0.15, 0.2) is 0 Å². The van der Waals surface area contributed by atoms with Crippen LogP contribution in [-0.4, -0.2) is 0 Å². The topological polar surface area (TPSA) is 0 Å². The van der Waals surface area contributed by atoms with Crippen molar-refractivity contribution in [3.63, 3.8) is 0 Å². The summed E-state index contributed by atoms with van der Waals surface area (Å²) in [4.78, 5) is 0. The zero-order valence-electron chi connectivity index (χ0n) is 14.4. The van der Waals surface area contributed by atoms with Crippen LogP contribution in [0.25, 0.3) is 27.6 Å². The second-order valence-corrected chi connectivity index (χ2v) is 5.42. The standard InChI is InChI=1S/C20H20.C2H6/c1-4-5-9-17-14(2)11-12-19-15(3)18-10-7-6-8-16(18)13-20(17)19;1-2/h5-13H,4H2,1-3H3;1-2H3/b9-5-;. The van der Waals surface area contributed by atoms with Crippen LogP contribution in [0.15, 0.2) is 48.5 Å². The smallest absolute Gasteiger partial charge is 0.00998 e. The van der Waals surface area contributed by atoms with Gasteiger partial charge in [0.1, 0.15) is 0 Å². The van der Waals surface area contributed by atoms with Crippen molar-refractivity contribution in [2.24, 2.45) is 0 Å². The summed E-state index contributed by atoms with van der Waals surface area (Å²) in [6.45, 7) is 10.6. The fourth-order valence-corrected chi connectivity index (χ4v) is 2.95. The first-order valence-electron chi connectivity index (χ1n) is 8.30. The van der Waals surface area contributed by atoms with Gasteiger partial charge in [-0.05, 0) is 64.6 Å². The monoisotopic (exact) mass is 290 g/mol. The Morgan fingerprint density at radius 2 is 1.59 bits per heavy atom. The molecular formula is C22H26. The average Bonchev–Trinajstić information content (AvgIpc) is 2.56. The van der Waals surface area contributed by atoms with Gasteiger partial charge in [0.05, 0.1) is 0 Å². The second-order valence-electron chi connectivity index (χ2n) is 5.42. The van der Waals surface area contributed by atoms with Crippen LogP contribution in [0.1, 0.15) is 43.9 Å². The molecule has 0 amide bonds. The third-order valence-corrected chi connectivity index (χ3v) is 4.09. The normalized spacial score (nSPS) is 11.0. The van der Waals surface area contributed by atoms with Gasteiger partial charge in [0.2, 0.25) is 0 Å². The van der Waals surface area contributed by atoms with Crippen LogP contribution >= 0.6 is 0 Å². The molecule has 0 saturated heterocycles. The van der Waals surface area contributed by atoms with Crippen LogP contribution in [0.2, 0.25) is 0 Å². The van der Waals surface area contributed by atoms with Crippen molar-refractivity contribution >= 4 is 27.6 Å². The Morgan fingerprint density at radius 3 is 2.32 bits per heavy atom. The number of fused-ring (bicyclic) bond motifs is 2. The molecular weight excluding hydrogens is 264 g/mol. The molecule has 3 aromatic carbocycles. The zero-order valence-corrected chi connectivity index (χ0v) is 14.4. The largest absolute Gasteiger partial charge is 0.0842 e. The Kier molecular flexibility index (Phi) is 5.38. The number of hydrogen-bond donors (Lipinski definition) is 0. The van der Waals surface area contributed by atoms with E-state index in [1.165, 1.54) is 38.2 Å². The maximum absolute atomic E-state index is 2.33. The molecule has 3 rings (SSSR count). The first-order chi connectivity index (χ1) is 10.7. The summed E-state index contributed by atoms with van der Waals surface area (Å²) >= 11 is 0. The van der Waals surface area contributed by atoms with Gasteiger partial charge in [-0.1, -0.05) is 69.3 Å². The molecule has 0 unspecified atom stereocenters. The van der Waals surface area contributed by atoms with E-state index in [0.717, 1.165) is 6.42 Å². The van der Waals surface area contributed by atoms with Crippen LogP contribution in [0.4, 0.5) is 0 Å². The van der Waals surface area contributed by atoms with E-state index < -0.39 is 0 Å². The fraction of sp³-hybridized carbons (Fsp3) is 0.273. The highest BCUT2D eigenvalue weighted by Crippen LogP contribution is 2.32. The van der Waals surface area contributed by atoms with E-state index >= 15 is 0 Å². The van der Waals surface area contributed by atoms with Crippen molar-refractivity contribution in [3.05, 3.63) is 65.2 Å². The van der Waals surface area contributed by atoms with Crippen LogP contribution in [0.5, 0.6) is 0 Å². The summed E-state index contributed by atoms with van der Waals surface area (Å²) in [7, 11) is 0. The predicted molar refractivity (Wildman–Crippen MR) is 102 cm³/mol. The van der Waals surface area contributed by atoms with Crippen molar-refractivity contribution in [2.45, 2.75) is 41.0 Å². The molecule has 22 heavy (non-hydrogen) atoms. The van der Waals surface area contributed by atoms with Crippen molar-refractivity contribution in [1.82, 2.24) is 0 Å². The summed E-state index contributed by atoms with van der Waals surface area (Å²) in [5.41, 5.74) is 4.08. The third kappa shape index (κ3) is 2.92. The number of benzene rings is 3.